The summed E-state index contributed by atoms with van der Waals surface area (Å²) in [6.07, 6.45) is 5.39. The fraction of sp³-hybridized carbons (Fsp3) is 0.600. The van der Waals surface area contributed by atoms with Gasteiger partial charge in [0.25, 0.3) is 0 Å². The van der Waals surface area contributed by atoms with Crippen molar-refractivity contribution in [2.45, 2.75) is 38.5 Å². The Morgan fingerprint density at radius 3 is 2.44 bits per heavy atom. The lowest BCUT2D eigenvalue weighted by atomic mass is 9.93. The summed E-state index contributed by atoms with van der Waals surface area (Å²) in [6.45, 7) is 6.24. The Bertz CT molecular complexity index is 288. The number of nitrogens with zero attached hydrogens (tertiary/aromatic N) is 1. The Morgan fingerprint density at radius 2 is 1.81 bits per heavy atom. The first kappa shape index (κ1) is 11.7. The fourth-order valence-corrected chi connectivity index (χ4v) is 2.68. The third-order valence-corrected chi connectivity index (χ3v) is 3.76. The van der Waals surface area contributed by atoms with Crippen LogP contribution in [0.25, 0.3) is 0 Å². The van der Waals surface area contributed by atoms with E-state index in [1.807, 2.05) is 0 Å². The van der Waals surface area contributed by atoms with Crippen molar-refractivity contribution >= 4 is 0 Å². The second-order valence-electron chi connectivity index (χ2n) is 4.85. The minimum Gasteiger partial charge on any atom is -0.303 e. The van der Waals surface area contributed by atoms with Crippen LogP contribution in [0.4, 0.5) is 0 Å². The third-order valence-electron chi connectivity index (χ3n) is 3.76. The van der Waals surface area contributed by atoms with Crippen molar-refractivity contribution in [3.63, 3.8) is 0 Å². The Morgan fingerprint density at radius 1 is 1.12 bits per heavy atom. The van der Waals surface area contributed by atoms with Crippen molar-refractivity contribution in [1.29, 1.82) is 0 Å². The first-order valence-electron chi connectivity index (χ1n) is 6.67. The van der Waals surface area contributed by atoms with Gasteiger partial charge >= 0.3 is 0 Å². The summed E-state index contributed by atoms with van der Waals surface area (Å²) in [5.74, 6) is 0.752. The van der Waals surface area contributed by atoms with E-state index in [1.54, 1.807) is 0 Å². The standard InChI is InChI=1S/C15H23N/c1-2-14(15-8-4-3-5-9-15)10-13-16-11-6-7-12-16/h3-5,8-9,14H,2,6-7,10-13H2,1H3. The van der Waals surface area contributed by atoms with Crippen LogP contribution in [-0.4, -0.2) is 24.5 Å². The fourth-order valence-electron chi connectivity index (χ4n) is 2.68. The van der Waals surface area contributed by atoms with Crippen molar-refractivity contribution in [2.24, 2.45) is 0 Å². The van der Waals surface area contributed by atoms with Crippen LogP contribution in [-0.2, 0) is 0 Å². The number of rotatable bonds is 5. The number of hydrogen-bond acceptors (Lipinski definition) is 1. The van der Waals surface area contributed by atoms with E-state index in [-0.39, 0.29) is 0 Å². The van der Waals surface area contributed by atoms with Gasteiger partial charge < -0.3 is 4.90 Å². The maximum Gasteiger partial charge on any atom is -0.00129 e. The van der Waals surface area contributed by atoms with Gasteiger partial charge in [0.15, 0.2) is 0 Å². The van der Waals surface area contributed by atoms with Gasteiger partial charge in [-0.3, -0.25) is 0 Å². The van der Waals surface area contributed by atoms with Crippen LogP contribution in [0, 0.1) is 0 Å². The molecule has 1 heterocycles. The van der Waals surface area contributed by atoms with Gasteiger partial charge in [0.05, 0.1) is 0 Å². The molecule has 16 heavy (non-hydrogen) atoms. The molecule has 1 aliphatic heterocycles. The lowest BCUT2D eigenvalue weighted by Crippen LogP contribution is -2.22. The summed E-state index contributed by atoms with van der Waals surface area (Å²) in [6, 6.07) is 11.0. The molecule has 0 N–H and O–H groups in total. The van der Waals surface area contributed by atoms with Crippen LogP contribution in [0.3, 0.4) is 0 Å². The van der Waals surface area contributed by atoms with Gasteiger partial charge in [-0.1, -0.05) is 37.3 Å². The molecular weight excluding hydrogens is 194 g/mol. The van der Waals surface area contributed by atoms with Crippen LogP contribution in [0.1, 0.15) is 44.1 Å². The number of likely N-dealkylation sites (tertiary alicyclic amines) is 1. The normalized spacial score (nSPS) is 18.8. The molecule has 1 aromatic rings. The van der Waals surface area contributed by atoms with Gasteiger partial charge in [-0.05, 0) is 56.8 Å². The minimum atomic E-state index is 0.752. The molecule has 0 saturated carbocycles. The van der Waals surface area contributed by atoms with Crippen LogP contribution in [0.2, 0.25) is 0 Å². The van der Waals surface area contributed by atoms with Gasteiger partial charge in [0.2, 0.25) is 0 Å². The Labute approximate surface area is 99.5 Å². The lowest BCUT2D eigenvalue weighted by molar-refractivity contribution is 0.320. The average molecular weight is 217 g/mol. The van der Waals surface area contributed by atoms with E-state index in [9.17, 15) is 0 Å². The molecule has 88 valence electrons. The lowest BCUT2D eigenvalue weighted by Gasteiger charge is -2.20. The molecule has 0 spiro atoms. The zero-order chi connectivity index (χ0) is 11.2. The minimum absolute atomic E-state index is 0.752. The second-order valence-corrected chi connectivity index (χ2v) is 4.85. The van der Waals surface area contributed by atoms with Crippen LogP contribution in [0.15, 0.2) is 30.3 Å². The summed E-state index contributed by atoms with van der Waals surface area (Å²) in [5, 5.41) is 0. The molecule has 0 aromatic heterocycles. The van der Waals surface area contributed by atoms with Crippen molar-refractivity contribution in [3.05, 3.63) is 35.9 Å². The third kappa shape index (κ3) is 3.08. The molecule has 0 bridgehead atoms. The summed E-state index contributed by atoms with van der Waals surface area (Å²) in [4.78, 5) is 2.62. The van der Waals surface area contributed by atoms with E-state index in [0.29, 0.717) is 0 Å². The Kier molecular flexibility index (Phi) is 4.41. The molecule has 1 saturated heterocycles. The van der Waals surface area contributed by atoms with E-state index in [4.69, 9.17) is 0 Å². The summed E-state index contributed by atoms with van der Waals surface area (Å²) in [7, 11) is 0. The molecule has 0 amide bonds. The Hall–Kier alpha value is -0.820. The highest BCUT2D eigenvalue weighted by Gasteiger charge is 2.14. The monoisotopic (exact) mass is 217 g/mol. The number of benzene rings is 1. The van der Waals surface area contributed by atoms with Crippen molar-refractivity contribution < 1.29 is 0 Å². The molecule has 1 atom stereocenters. The average Bonchev–Trinajstić information content (AvgIpc) is 2.84. The van der Waals surface area contributed by atoms with Gasteiger partial charge in [-0.25, -0.2) is 0 Å². The predicted molar refractivity (Wildman–Crippen MR) is 69.8 cm³/mol. The van der Waals surface area contributed by atoms with Gasteiger partial charge in [0, 0.05) is 0 Å². The molecule has 0 radical (unpaired) electrons. The largest absolute Gasteiger partial charge is 0.303 e. The van der Waals surface area contributed by atoms with Crippen LogP contribution >= 0.6 is 0 Å². The molecular formula is C15H23N. The van der Waals surface area contributed by atoms with Crippen molar-refractivity contribution in [1.82, 2.24) is 4.90 Å². The highest BCUT2D eigenvalue weighted by Crippen LogP contribution is 2.23. The molecule has 2 rings (SSSR count). The molecule has 0 aliphatic carbocycles. The summed E-state index contributed by atoms with van der Waals surface area (Å²) in [5.41, 5.74) is 1.52. The van der Waals surface area contributed by atoms with Gasteiger partial charge in [0.1, 0.15) is 0 Å². The molecule has 1 aliphatic rings. The Balaban J connectivity index is 1.85. The smallest absolute Gasteiger partial charge is 0.00129 e. The molecule has 1 aromatic carbocycles. The second kappa shape index (κ2) is 6.05. The zero-order valence-electron chi connectivity index (χ0n) is 10.4. The SMILES string of the molecule is CCC(CCN1CCCC1)c1ccccc1. The van der Waals surface area contributed by atoms with E-state index in [1.165, 1.54) is 50.9 Å². The first-order chi connectivity index (χ1) is 7.90. The zero-order valence-corrected chi connectivity index (χ0v) is 10.4. The predicted octanol–water partition coefficient (Wildman–Crippen LogP) is 3.67. The highest BCUT2D eigenvalue weighted by molar-refractivity contribution is 5.19. The van der Waals surface area contributed by atoms with Crippen LogP contribution in [0.5, 0.6) is 0 Å². The number of hydrogen-bond donors (Lipinski definition) is 0. The van der Waals surface area contributed by atoms with E-state index >= 15 is 0 Å². The van der Waals surface area contributed by atoms with Gasteiger partial charge in [-0.15, -0.1) is 0 Å². The quantitative estimate of drug-likeness (QED) is 0.727. The molecule has 1 fully saturated rings. The maximum atomic E-state index is 2.62. The van der Waals surface area contributed by atoms with Gasteiger partial charge in [-0.2, -0.15) is 0 Å². The molecule has 1 heteroatoms. The van der Waals surface area contributed by atoms with E-state index in [2.05, 4.69) is 42.2 Å². The summed E-state index contributed by atoms with van der Waals surface area (Å²) >= 11 is 0. The molecule has 1 unspecified atom stereocenters. The van der Waals surface area contributed by atoms with Crippen molar-refractivity contribution in [2.75, 3.05) is 19.6 Å². The van der Waals surface area contributed by atoms with Crippen molar-refractivity contribution in [3.8, 4) is 0 Å². The van der Waals surface area contributed by atoms with E-state index < -0.39 is 0 Å². The molecule has 1 nitrogen and oxygen atoms in total. The van der Waals surface area contributed by atoms with Crippen LogP contribution < -0.4 is 0 Å². The maximum absolute atomic E-state index is 2.62. The first-order valence-corrected chi connectivity index (χ1v) is 6.67. The highest BCUT2D eigenvalue weighted by atomic mass is 15.1. The van der Waals surface area contributed by atoms with E-state index in [0.717, 1.165) is 5.92 Å². The topological polar surface area (TPSA) is 3.24 Å². The summed E-state index contributed by atoms with van der Waals surface area (Å²) < 4.78 is 0.